The number of amides is 1. The van der Waals surface area contributed by atoms with Gasteiger partial charge in [0.15, 0.2) is 0 Å². The maximum Gasteiger partial charge on any atom is 0.311 e. The van der Waals surface area contributed by atoms with E-state index in [9.17, 15) is 9.59 Å². The number of carbonyl (C=O) groups excluding carboxylic acids is 2. The van der Waals surface area contributed by atoms with Crippen LogP contribution in [-0.4, -0.2) is 43.6 Å². The van der Waals surface area contributed by atoms with Gasteiger partial charge in [-0.2, -0.15) is 0 Å². The molecule has 0 spiro atoms. The molecule has 0 bridgehead atoms. The van der Waals surface area contributed by atoms with Gasteiger partial charge in [0.2, 0.25) is 5.91 Å². The molecule has 1 aromatic rings. The molecule has 25 heavy (non-hydrogen) atoms. The second-order valence-electron chi connectivity index (χ2n) is 6.73. The Morgan fingerprint density at radius 1 is 1.28 bits per heavy atom. The van der Waals surface area contributed by atoms with E-state index in [1.54, 1.807) is 27.2 Å². The number of carbonyl (C=O) groups is 2. The van der Waals surface area contributed by atoms with Gasteiger partial charge in [-0.15, -0.1) is 0 Å². The number of piperidine rings is 1. The van der Waals surface area contributed by atoms with Crippen LogP contribution in [0.3, 0.4) is 0 Å². The van der Waals surface area contributed by atoms with Gasteiger partial charge in [-0.3, -0.25) is 9.59 Å². The minimum absolute atomic E-state index is 0.0675. The summed E-state index contributed by atoms with van der Waals surface area (Å²) in [6.07, 6.45) is 0.468. The topological polar surface area (TPSA) is 65.1 Å². The van der Waals surface area contributed by atoms with Crippen molar-refractivity contribution in [2.24, 2.45) is 17.8 Å². The minimum Gasteiger partial charge on any atom is -0.497 e. The Bertz CT molecular complexity index is 674. The molecule has 2 aliphatic rings. The summed E-state index contributed by atoms with van der Waals surface area (Å²) in [6, 6.07) is 5.49. The largest absolute Gasteiger partial charge is 0.497 e. The van der Waals surface area contributed by atoms with Gasteiger partial charge in [-0.1, -0.05) is 6.92 Å². The van der Waals surface area contributed by atoms with E-state index >= 15 is 0 Å². The van der Waals surface area contributed by atoms with Crippen LogP contribution in [0.5, 0.6) is 11.5 Å². The fraction of sp³-hybridized carbons (Fsp3) is 0.579. The summed E-state index contributed by atoms with van der Waals surface area (Å²) in [4.78, 5) is 26.6. The summed E-state index contributed by atoms with van der Waals surface area (Å²) in [6.45, 7) is 4.64. The molecule has 1 aromatic carbocycles. The average Bonchev–Trinajstić information content (AvgIpc) is 3.35. The van der Waals surface area contributed by atoms with Crippen LogP contribution in [0, 0.1) is 17.8 Å². The second-order valence-corrected chi connectivity index (χ2v) is 6.73. The highest BCUT2D eigenvalue weighted by Gasteiger charge is 2.64. The van der Waals surface area contributed by atoms with Gasteiger partial charge in [0, 0.05) is 30.6 Å². The maximum atomic E-state index is 12.6. The highest BCUT2D eigenvalue weighted by Crippen LogP contribution is 2.53. The van der Waals surface area contributed by atoms with E-state index in [-0.39, 0.29) is 35.7 Å². The lowest BCUT2D eigenvalue weighted by molar-refractivity contribution is -0.145. The summed E-state index contributed by atoms with van der Waals surface area (Å²) in [7, 11) is 3.20. The molecule has 1 saturated heterocycles. The van der Waals surface area contributed by atoms with Gasteiger partial charge in [-0.05, 0) is 30.9 Å². The van der Waals surface area contributed by atoms with Crippen molar-refractivity contribution in [2.75, 3.05) is 20.8 Å². The summed E-state index contributed by atoms with van der Waals surface area (Å²) in [5, 5.41) is 0. The van der Waals surface area contributed by atoms with Crippen LogP contribution in [0.25, 0.3) is 0 Å². The second kappa shape index (κ2) is 6.94. The Kier molecular flexibility index (Phi) is 4.88. The van der Waals surface area contributed by atoms with Crippen molar-refractivity contribution in [2.45, 2.75) is 32.9 Å². The first-order chi connectivity index (χ1) is 12.0. The van der Waals surface area contributed by atoms with Crippen LogP contribution in [0.1, 0.15) is 25.8 Å². The van der Waals surface area contributed by atoms with Gasteiger partial charge in [0.1, 0.15) is 11.5 Å². The van der Waals surface area contributed by atoms with Crippen molar-refractivity contribution in [3.63, 3.8) is 0 Å². The SMILES string of the molecule is CCOC(=O)[C@H]1[C@H]2[C@@H]1N(Cc1ccc(OC)cc1OC)C(=O)C[C@@H]2C. The molecule has 0 N–H and O–H groups in total. The van der Waals surface area contributed by atoms with Crippen molar-refractivity contribution in [1.29, 1.82) is 0 Å². The predicted molar refractivity (Wildman–Crippen MR) is 91.3 cm³/mol. The number of methoxy groups -OCH3 is 2. The molecule has 1 aliphatic carbocycles. The summed E-state index contributed by atoms with van der Waals surface area (Å²) >= 11 is 0. The first kappa shape index (κ1) is 17.6. The predicted octanol–water partition coefficient (Wildman–Crippen LogP) is 2.25. The summed E-state index contributed by atoms with van der Waals surface area (Å²) < 4.78 is 15.9. The number of fused-ring (bicyclic) bond motifs is 1. The quantitative estimate of drug-likeness (QED) is 0.739. The Hall–Kier alpha value is -2.24. The molecule has 3 rings (SSSR count). The molecule has 136 valence electrons. The van der Waals surface area contributed by atoms with Crippen LogP contribution in [0.15, 0.2) is 18.2 Å². The lowest BCUT2D eigenvalue weighted by atomic mass is 9.96. The first-order valence-electron chi connectivity index (χ1n) is 8.68. The minimum atomic E-state index is -0.203. The van der Waals surface area contributed by atoms with Gasteiger partial charge >= 0.3 is 5.97 Å². The van der Waals surface area contributed by atoms with E-state index in [2.05, 4.69) is 0 Å². The lowest BCUT2D eigenvalue weighted by Gasteiger charge is -2.30. The van der Waals surface area contributed by atoms with Crippen molar-refractivity contribution in [3.05, 3.63) is 23.8 Å². The summed E-state index contributed by atoms with van der Waals surface area (Å²) in [5.41, 5.74) is 0.902. The smallest absolute Gasteiger partial charge is 0.311 e. The highest BCUT2D eigenvalue weighted by molar-refractivity contribution is 5.84. The van der Waals surface area contributed by atoms with E-state index in [1.807, 2.05) is 24.0 Å². The number of hydrogen-bond donors (Lipinski definition) is 0. The number of rotatable bonds is 6. The molecule has 2 fully saturated rings. The van der Waals surface area contributed by atoms with Crippen LogP contribution in [0.4, 0.5) is 0 Å². The third kappa shape index (κ3) is 3.17. The summed E-state index contributed by atoms with van der Waals surface area (Å²) in [5.74, 6) is 1.47. The fourth-order valence-electron chi connectivity index (χ4n) is 4.00. The molecule has 6 heteroatoms. The number of ether oxygens (including phenoxy) is 3. The molecule has 4 atom stereocenters. The van der Waals surface area contributed by atoms with E-state index < -0.39 is 0 Å². The van der Waals surface area contributed by atoms with E-state index in [0.717, 1.165) is 5.56 Å². The normalized spacial score (nSPS) is 27.5. The molecule has 0 radical (unpaired) electrons. The molecule has 1 saturated carbocycles. The highest BCUT2D eigenvalue weighted by atomic mass is 16.5. The van der Waals surface area contributed by atoms with Crippen LogP contribution >= 0.6 is 0 Å². The van der Waals surface area contributed by atoms with Crippen molar-refractivity contribution in [1.82, 2.24) is 4.90 Å². The van der Waals surface area contributed by atoms with Gasteiger partial charge in [-0.25, -0.2) is 0 Å². The Labute approximate surface area is 148 Å². The number of esters is 1. The van der Waals surface area contributed by atoms with Crippen LogP contribution in [0.2, 0.25) is 0 Å². The van der Waals surface area contributed by atoms with Crippen molar-refractivity contribution in [3.8, 4) is 11.5 Å². The zero-order chi connectivity index (χ0) is 18.1. The Morgan fingerprint density at radius 3 is 2.68 bits per heavy atom. The molecule has 1 aliphatic heterocycles. The third-order valence-corrected chi connectivity index (χ3v) is 5.26. The monoisotopic (exact) mass is 347 g/mol. The van der Waals surface area contributed by atoms with Gasteiger partial charge in [0.05, 0.1) is 26.7 Å². The van der Waals surface area contributed by atoms with E-state index in [1.165, 1.54) is 0 Å². The number of nitrogens with zero attached hydrogens (tertiary/aromatic N) is 1. The standard InChI is InChI=1S/C19H25NO5/c1-5-25-19(22)17-16-11(2)8-15(21)20(18(16)17)10-12-6-7-13(23-3)9-14(12)24-4/h6-7,9,11,16-18H,5,8,10H2,1-4H3/t11-,16-,17-,18-/m0/s1. The molecule has 1 amide bonds. The van der Waals surface area contributed by atoms with Gasteiger partial charge < -0.3 is 19.1 Å². The average molecular weight is 347 g/mol. The van der Waals surface area contributed by atoms with Crippen molar-refractivity contribution >= 4 is 11.9 Å². The zero-order valence-electron chi connectivity index (χ0n) is 15.2. The first-order valence-corrected chi connectivity index (χ1v) is 8.68. The number of likely N-dealkylation sites (tertiary alicyclic amines) is 1. The van der Waals surface area contributed by atoms with Crippen LogP contribution < -0.4 is 9.47 Å². The van der Waals surface area contributed by atoms with Gasteiger partial charge in [0.25, 0.3) is 0 Å². The van der Waals surface area contributed by atoms with E-state index in [0.29, 0.717) is 31.1 Å². The lowest BCUT2D eigenvalue weighted by Crippen LogP contribution is -2.39. The third-order valence-electron chi connectivity index (χ3n) is 5.26. The Morgan fingerprint density at radius 2 is 2.04 bits per heavy atom. The number of benzene rings is 1. The molecular formula is C19H25NO5. The molecule has 0 unspecified atom stereocenters. The molecule has 1 heterocycles. The molecule has 6 nitrogen and oxygen atoms in total. The fourth-order valence-corrected chi connectivity index (χ4v) is 4.00. The number of hydrogen-bond acceptors (Lipinski definition) is 5. The van der Waals surface area contributed by atoms with E-state index in [4.69, 9.17) is 14.2 Å². The molecular weight excluding hydrogens is 322 g/mol. The Balaban J connectivity index is 1.82. The maximum absolute atomic E-state index is 12.6. The molecule has 0 aromatic heterocycles. The van der Waals surface area contributed by atoms with Crippen LogP contribution in [-0.2, 0) is 20.9 Å². The van der Waals surface area contributed by atoms with Crippen molar-refractivity contribution < 1.29 is 23.8 Å². The zero-order valence-corrected chi connectivity index (χ0v) is 15.2.